The van der Waals surface area contributed by atoms with E-state index in [0.717, 1.165) is 25.9 Å². The molecule has 1 aromatic rings. The van der Waals surface area contributed by atoms with Crippen LogP contribution in [-0.2, 0) is 0 Å². The Hall–Kier alpha value is -2.13. The number of methoxy groups -OCH3 is 1. The maximum Gasteiger partial charge on any atom is 0.251 e. The molecule has 2 rings (SSSR count). The van der Waals surface area contributed by atoms with Gasteiger partial charge in [-0.2, -0.15) is 5.26 Å². The van der Waals surface area contributed by atoms with Gasteiger partial charge in [-0.25, -0.2) is 4.39 Å². The summed E-state index contributed by atoms with van der Waals surface area (Å²) in [6, 6.07) is 6.28. The molecule has 1 saturated heterocycles. The molecule has 1 aliphatic rings. The summed E-state index contributed by atoms with van der Waals surface area (Å²) in [5, 5.41) is 11.6. The number of rotatable bonds is 4. The molecule has 1 aromatic carbocycles. The first-order valence-corrected chi connectivity index (χ1v) is 6.87. The molecule has 0 bridgehead atoms. The molecule has 1 aliphatic heterocycles. The first-order valence-electron chi connectivity index (χ1n) is 6.87. The lowest BCUT2D eigenvalue weighted by Crippen LogP contribution is -2.44. The van der Waals surface area contributed by atoms with Crippen molar-refractivity contribution in [1.82, 2.24) is 10.2 Å². The number of benzene rings is 1. The lowest BCUT2D eigenvalue weighted by Gasteiger charge is -2.30. The normalized spacial score (nSPS) is 16.2. The van der Waals surface area contributed by atoms with Crippen molar-refractivity contribution in [3.63, 3.8) is 0 Å². The average Bonchev–Trinajstić information content (AvgIpc) is 2.50. The highest BCUT2D eigenvalue weighted by molar-refractivity contribution is 5.94. The number of likely N-dealkylation sites (tertiary alicyclic amines) is 1. The maximum atomic E-state index is 13.3. The SMILES string of the molecule is COc1cc(C(=O)NC2CCN(CC#N)CC2)ccc1F. The van der Waals surface area contributed by atoms with Gasteiger partial charge in [-0.15, -0.1) is 0 Å². The molecule has 1 N–H and O–H groups in total. The predicted molar refractivity (Wildman–Crippen MR) is 75.5 cm³/mol. The number of amides is 1. The van der Waals surface area contributed by atoms with Crippen molar-refractivity contribution in [3.8, 4) is 11.8 Å². The van der Waals surface area contributed by atoms with Crippen molar-refractivity contribution >= 4 is 5.91 Å². The third-order valence-corrected chi connectivity index (χ3v) is 3.63. The van der Waals surface area contributed by atoms with E-state index < -0.39 is 5.82 Å². The second-order valence-electron chi connectivity index (χ2n) is 5.03. The number of carbonyl (C=O) groups excluding carboxylic acids is 1. The number of halogens is 1. The zero-order valence-corrected chi connectivity index (χ0v) is 11.9. The van der Waals surface area contributed by atoms with E-state index in [2.05, 4.69) is 16.3 Å². The smallest absolute Gasteiger partial charge is 0.251 e. The molecule has 0 atom stereocenters. The minimum atomic E-state index is -0.487. The van der Waals surface area contributed by atoms with Crippen LogP contribution < -0.4 is 10.1 Å². The molecule has 21 heavy (non-hydrogen) atoms. The molecule has 0 saturated carbocycles. The second-order valence-corrected chi connectivity index (χ2v) is 5.03. The number of hydrogen-bond acceptors (Lipinski definition) is 4. The molecule has 1 heterocycles. The maximum absolute atomic E-state index is 13.3. The lowest BCUT2D eigenvalue weighted by atomic mass is 10.0. The Bertz CT molecular complexity index is 548. The summed E-state index contributed by atoms with van der Waals surface area (Å²) < 4.78 is 18.2. The molecule has 5 nitrogen and oxygen atoms in total. The molecule has 1 fully saturated rings. The van der Waals surface area contributed by atoms with Crippen LogP contribution in [0.15, 0.2) is 18.2 Å². The van der Waals surface area contributed by atoms with Crippen molar-refractivity contribution in [2.45, 2.75) is 18.9 Å². The monoisotopic (exact) mass is 291 g/mol. The van der Waals surface area contributed by atoms with E-state index in [1.165, 1.54) is 25.3 Å². The van der Waals surface area contributed by atoms with Gasteiger partial charge in [0.15, 0.2) is 11.6 Å². The molecule has 0 unspecified atom stereocenters. The van der Waals surface area contributed by atoms with Gasteiger partial charge < -0.3 is 10.1 Å². The molecule has 0 spiro atoms. The van der Waals surface area contributed by atoms with Crippen molar-refractivity contribution in [1.29, 1.82) is 5.26 Å². The first kappa shape index (κ1) is 15.3. The van der Waals surface area contributed by atoms with Crippen LogP contribution in [0.25, 0.3) is 0 Å². The summed E-state index contributed by atoms with van der Waals surface area (Å²) >= 11 is 0. The van der Waals surface area contributed by atoms with Gasteiger partial charge in [-0.1, -0.05) is 0 Å². The van der Waals surface area contributed by atoms with E-state index >= 15 is 0 Å². The van der Waals surface area contributed by atoms with Crippen molar-refractivity contribution in [2.24, 2.45) is 0 Å². The van der Waals surface area contributed by atoms with Gasteiger partial charge in [0.1, 0.15) is 0 Å². The summed E-state index contributed by atoms with van der Waals surface area (Å²) in [5.41, 5.74) is 0.382. The van der Waals surface area contributed by atoms with Crippen molar-refractivity contribution in [3.05, 3.63) is 29.6 Å². The molecule has 0 radical (unpaired) electrons. The van der Waals surface area contributed by atoms with E-state index in [0.29, 0.717) is 12.1 Å². The van der Waals surface area contributed by atoms with E-state index in [1.807, 2.05) is 0 Å². The van der Waals surface area contributed by atoms with Gasteiger partial charge in [-0.05, 0) is 31.0 Å². The number of nitriles is 1. The summed E-state index contributed by atoms with van der Waals surface area (Å²) in [5.74, 6) is -0.655. The Morgan fingerprint density at radius 1 is 1.52 bits per heavy atom. The lowest BCUT2D eigenvalue weighted by molar-refractivity contribution is 0.0914. The molecular formula is C15H18FN3O2. The van der Waals surface area contributed by atoms with Crippen LogP contribution in [0.3, 0.4) is 0 Å². The summed E-state index contributed by atoms with van der Waals surface area (Å²) in [6.45, 7) is 2.02. The van der Waals surface area contributed by atoms with Gasteiger partial charge in [0, 0.05) is 24.7 Å². The quantitative estimate of drug-likeness (QED) is 0.855. The molecule has 1 amide bonds. The van der Waals surface area contributed by atoms with Gasteiger partial charge in [0.05, 0.1) is 19.7 Å². The molecule has 0 aliphatic carbocycles. The fraction of sp³-hybridized carbons (Fsp3) is 0.467. The third-order valence-electron chi connectivity index (χ3n) is 3.63. The highest BCUT2D eigenvalue weighted by atomic mass is 19.1. The van der Waals surface area contributed by atoms with Gasteiger partial charge >= 0.3 is 0 Å². The van der Waals surface area contributed by atoms with Gasteiger partial charge in [0.2, 0.25) is 0 Å². The number of piperidine rings is 1. The van der Waals surface area contributed by atoms with E-state index in [4.69, 9.17) is 10.00 Å². The van der Waals surface area contributed by atoms with Crippen LogP contribution in [0, 0.1) is 17.1 Å². The Balaban J connectivity index is 1.92. The average molecular weight is 291 g/mol. The topological polar surface area (TPSA) is 65.4 Å². The first-order chi connectivity index (χ1) is 10.1. The fourth-order valence-electron chi connectivity index (χ4n) is 2.41. The minimum Gasteiger partial charge on any atom is -0.494 e. The number of nitrogens with zero attached hydrogens (tertiary/aromatic N) is 2. The van der Waals surface area contributed by atoms with Crippen LogP contribution in [-0.4, -0.2) is 43.6 Å². The summed E-state index contributed by atoms with van der Waals surface area (Å²) in [6.07, 6.45) is 1.62. The Kier molecular flexibility index (Phi) is 5.12. The fourth-order valence-corrected chi connectivity index (χ4v) is 2.41. The van der Waals surface area contributed by atoms with Gasteiger partial charge in [-0.3, -0.25) is 9.69 Å². The second kappa shape index (κ2) is 7.04. The predicted octanol–water partition coefficient (Wildman–Crippen LogP) is 1.55. The van der Waals surface area contributed by atoms with E-state index in [-0.39, 0.29) is 17.7 Å². The number of hydrogen-bond donors (Lipinski definition) is 1. The van der Waals surface area contributed by atoms with E-state index in [1.54, 1.807) is 0 Å². The highest BCUT2D eigenvalue weighted by Gasteiger charge is 2.21. The summed E-state index contributed by atoms with van der Waals surface area (Å²) in [7, 11) is 1.37. The molecule has 0 aromatic heterocycles. The molecule has 6 heteroatoms. The zero-order valence-electron chi connectivity index (χ0n) is 11.9. The highest BCUT2D eigenvalue weighted by Crippen LogP contribution is 2.18. The molecule has 112 valence electrons. The number of carbonyl (C=O) groups is 1. The Morgan fingerprint density at radius 2 is 2.24 bits per heavy atom. The standard InChI is InChI=1S/C15H18FN3O2/c1-21-14-10-11(2-3-13(14)16)15(20)18-12-4-7-19(8-5-12)9-6-17/h2-3,10,12H,4-5,7-9H2,1H3,(H,18,20). The van der Waals surface area contributed by atoms with Crippen LogP contribution in [0.5, 0.6) is 5.75 Å². The van der Waals surface area contributed by atoms with E-state index in [9.17, 15) is 9.18 Å². The van der Waals surface area contributed by atoms with Crippen LogP contribution in [0.1, 0.15) is 23.2 Å². The van der Waals surface area contributed by atoms with Crippen LogP contribution >= 0.6 is 0 Å². The summed E-state index contributed by atoms with van der Waals surface area (Å²) in [4.78, 5) is 14.2. The van der Waals surface area contributed by atoms with Gasteiger partial charge in [0.25, 0.3) is 5.91 Å². The molecular weight excluding hydrogens is 273 g/mol. The largest absolute Gasteiger partial charge is 0.494 e. The Labute approximate surface area is 123 Å². The van der Waals surface area contributed by atoms with Crippen molar-refractivity contribution in [2.75, 3.05) is 26.7 Å². The Morgan fingerprint density at radius 3 is 2.86 bits per heavy atom. The zero-order chi connectivity index (χ0) is 15.2. The number of ether oxygens (including phenoxy) is 1. The van der Waals surface area contributed by atoms with Crippen molar-refractivity contribution < 1.29 is 13.9 Å². The number of nitrogens with one attached hydrogen (secondary N) is 1. The van der Waals surface area contributed by atoms with Crippen LogP contribution in [0.2, 0.25) is 0 Å². The third kappa shape index (κ3) is 3.92. The van der Waals surface area contributed by atoms with Crippen LogP contribution in [0.4, 0.5) is 4.39 Å². The minimum absolute atomic E-state index is 0.0616.